The molecule has 2 aliphatic rings. The fourth-order valence-corrected chi connectivity index (χ4v) is 2.60. The quantitative estimate of drug-likeness (QED) is 0.595. The van der Waals surface area contributed by atoms with E-state index in [1.807, 2.05) is 0 Å². The van der Waals surface area contributed by atoms with Crippen LogP contribution in [-0.4, -0.2) is 30.6 Å². The van der Waals surface area contributed by atoms with Crippen molar-refractivity contribution in [2.45, 2.75) is 62.5 Å². The predicted octanol–water partition coefficient (Wildman–Crippen LogP) is 2.50. The van der Waals surface area contributed by atoms with E-state index in [-0.39, 0.29) is 37.8 Å². The van der Waals surface area contributed by atoms with E-state index in [1.165, 1.54) is 0 Å². The van der Waals surface area contributed by atoms with Gasteiger partial charge in [0.2, 0.25) is 11.8 Å². The molecule has 0 spiro atoms. The Morgan fingerprint density at radius 1 is 0.824 bits per heavy atom. The molecule has 0 aromatic rings. The minimum Gasteiger partial charge on any atom is -0.301 e. The van der Waals surface area contributed by atoms with Gasteiger partial charge in [0.05, 0.1) is 0 Å². The van der Waals surface area contributed by atoms with Crippen molar-refractivity contribution in [2.75, 3.05) is 6.67 Å². The number of halogens is 4. The lowest BCUT2D eigenvalue weighted by atomic mass is 10.2. The van der Waals surface area contributed by atoms with Gasteiger partial charge in [-0.1, -0.05) is 0 Å². The summed E-state index contributed by atoms with van der Waals surface area (Å²) in [6.45, 7) is 0.335. The van der Waals surface area contributed by atoms with Gasteiger partial charge in [-0.3, -0.25) is 0 Å². The second-order valence-corrected chi connectivity index (χ2v) is 5.18. The first-order valence-corrected chi connectivity index (χ1v) is 6.09. The highest BCUT2D eigenvalue weighted by atomic mass is 19.3. The minimum absolute atomic E-state index is 0.0772. The number of rotatable bonds is 4. The van der Waals surface area contributed by atoms with E-state index in [2.05, 4.69) is 10.6 Å². The molecule has 2 unspecified atom stereocenters. The van der Waals surface area contributed by atoms with Crippen LogP contribution in [0.4, 0.5) is 17.6 Å². The molecule has 0 bridgehead atoms. The van der Waals surface area contributed by atoms with E-state index in [0.29, 0.717) is 19.5 Å². The van der Waals surface area contributed by atoms with Crippen molar-refractivity contribution in [3.8, 4) is 0 Å². The summed E-state index contributed by atoms with van der Waals surface area (Å²) < 4.78 is 51.5. The molecule has 2 aliphatic carbocycles. The molecule has 2 rings (SSSR count). The van der Waals surface area contributed by atoms with Gasteiger partial charge in [0.15, 0.2) is 0 Å². The maximum absolute atomic E-state index is 12.9. The molecule has 0 saturated heterocycles. The largest absolute Gasteiger partial charge is 0.301 e. The van der Waals surface area contributed by atoms with Crippen molar-refractivity contribution < 1.29 is 17.6 Å². The summed E-state index contributed by atoms with van der Waals surface area (Å²) in [5.41, 5.74) is 0. The summed E-state index contributed by atoms with van der Waals surface area (Å²) in [7, 11) is 0. The second kappa shape index (κ2) is 4.72. The predicted molar refractivity (Wildman–Crippen MR) is 56.3 cm³/mol. The highest BCUT2D eigenvalue weighted by Crippen LogP contribution is 2.35. The number of alkyl halides is 4. The van der Waals surface area contributed by atoms with Crippen molar-refractivity contribution in [1.82, 2.24) is 10.6 Å². The van der Waals surface area contributed by atoms with E-state index >= 15 is 0 Å². The van der Waals surface area contributed by atoms with Gasteiger partial charge in [-0.05, 0) is 12.8 Å². The summed E-state index contributed by atoms with van der Waals surface area (Å²) in [5, 5.41) is 5.91. The van der Waals surface area contributed by atoms with E-state index in [4.69, 9.17) is 0 Å². The van der Waals surface area contributed by atoms with Crippen molar-refractivity contribution >= 4 is 0 Å². The molecule has 0 aromatic heterocycles. The second-order valence-electron chi connectivity index (χ2n) is 5.18. The summed E-state index contributed by atoms with van der Waals surface area (Å²) >= 11 is 0. The summed E-state index contributed by atoms with van der Waals surface area (Å²) in [6, 6.07) is -0.390. The van der Waals surface area contributed by atoms with E-state index in [9.17, 15) is 17.6 Å². The van der Waals surface area contributed by atoms with Crippen LogP contribution in [0.5, 0.6) is 0 Å². The molecule has 100 valence electrons. The Labute approximate surface area is 98.1 Å². The average Bonchev–Trinajstić information content (AvgIpc) is 2.70. The van der Waals surface area contributed by atoms with Crippen LogP contribution < -0.4 is 10.6 Å². The molecule has 0 amide bonds. The SMILES string of the molecule is FC1(F)CCC(NCNC2CCC(F)(F)C2)C1. The number of nitrogens with one attached hydrogen (secondary N) is 2. The Hall–Kier alpha value is -0.360. The van der Waals surface area contributed by atoms with Gasteiger partial charge in [-0.25, -0.2) is 17.6 Å². The molecule has 0 heterocycles. The zero-order valence-corrected chi connectivity index (χ0v) is 9.62. The molecule has 2 atom stereocenters. The molecule has 2 saturated carbocycles. The molecule has 0 aromatic carbocycles. The molecule has 2 fully saturated rings. The molecular weight excluding hydrogens is 236 g/mol. The van der Waals surface area contributed by atoms with Gasteiger partial charge in [0.25, 0.3) is 0 Å². The number of hydrogen-bond acceptors (Lipinski definition) is 2. The fraction of sp³-hybridized carbons (Fsp3) is 1.00. The summed E-state index contributed by atoms with van der Waals surface area (Å²) in [6.07, 6.45) is 0.467. The molecule has 2 N–H and O–H groups in total. The van der Waals surface area contributed by atoms with Crippen LogP contribution in [-0.2, 0) is 0 Å². The van der Waals surface area contributed by atoms with Crippen molar-refractivity contribution in [1.29, 1.82) is 0 Å². The van der Waals surface area contributed by atoms with Crippen molar-refractivity contribution in [3.05, 3.63) is 0 Å². The average molecular weight is 254 g/mol. The molecular formula is C11H18F4N2. The van der Waals surface area contributed by atoms with Gasteiger partial charge in [-0.15, -0.1) is 0 Å². The first-order valence-electron chi connectivity index (χ1n) is 6.09. The van der Waals surface area contributed by atoms with Gasteiger partial charge in [0, 0.05) is 44.4 Å². The Balaban J connectivity index is 1.61. The Morgan fingerprint density at radius 3 is 1.53 bits per heavy atom. The third kappa shape index (κ3) is 3.81. The molecule has 0 radical (unpaired) electrons. The Bertz CT molecular complexity index is 244. The van der Waals surface area contributed by atoms with Crippen molar-refractivity contribution in [3.63, 3.8) is 0 Å². The monoisotopic (exact) mass is 254 g/mol. The molecule has 0 aliphatic heterocycles. The Kier molecular flexibility index (Phi) is 3.63. The summed E-state index contributed by atoms with van der Waals surface area (Å²) in [5.74, 6) is -5.11. The molecule has 17 heavy (non-hydrogen) atoms. The van der Waals surface area contributed by atoms with Crippen LogP contribution in [0, 0.1) is 0 Å². The van der Waals surface area contributed by atoms with Crippen LogP contribution in [0.15, 0.2) is 0 Å². The first-order chi connectivity index (χ1) is 7.86. The standard InChI is InChI=1S/C11H18F4N2/c12-10(13)3-1-8(5-10)16-7-17-9-2-4-11(14,15)6-9/h8-9,16-17H,1-7H2. The third-order valence-corrected chi connectivity index (χ3v) is 3.59. The highest BCUT2D eigenvalue weighted by molar-refractivity contribution is 4.88. The highest BCUT2D eigenvalue weighted by Gasteiger charge is 2.40. The first kappa shape index (κ1) is 13.1. The third-order valence-electron chi connectivity index (χ3n) is 3.59. The number of hydrogen-bond donors (Lipinski definition) is 2. The van der Waals surface area contributed by atoms with Crippen LogP contribution >= 0.6 is 0 Å². The Morgan fingerprint density at radius 2 is 1.24 bits per heavy atom. The smallest absolute Gasteiger partial charge is 0.249 e. The van der Waals surface area contributed by atoms with Crippen LogP contribution in [0.1, 0.15) is 38.5 Å². The summed E-state index contributed by atoms with van der Waals surface area (Å²) in [4.78, 5) is 0. The van der Waals surface area contributed by atoms with E-state index in [1.54, 1.807) is 0 Å². The lowest BCUT2D eigenvalue weighted by molar-refractivity contribution is 0.00659. The van der Waals surface area contributed by atoms with Crippen molar-refractivity contribution in [2.24, 2.45) is 0 Å². The van der Waals surface area contributed by atoms with Gasteiger partial charge in [0.1, 0.15) is 0 Å². The van der Waals surface area contributed by atoms with Gasteiger partial charge < -0.3 is 10.6 Å². The maximum atomic E-state index is 12.9. The van der Waals surface area contributed by atoms with Crippen LogP contribution in [0.25, 0.3) is 0 Å². The lowest BCUT2D eigenvalue weighted by Gasteiger charge is -2.17. The minimum atomic E-state index is -2.56. The van der Waals surface area contributed by atoms with Gasteiger partial charge >= 0.3 is 0 Å². The molecule has 2 nitrogen and oxygen atoms in total. The van der Waals surface area contributed by atoms with E-state index in [0.717, 1.165) is 0 Å². The molecule has 6 heteroatoms. The fourth-order valence-electron chi connectivity index (χ4n) is 2.60. The zero-order valence-electron chi connectivity index (χ0n) is 9.62. The zero-order chi connectivity index (χ0) is 12.5. The van der Waals surface area contributed by atoms with Crippen LogP contribution in [0.3, 0.4) is 0 Å². The van der Waals surface area contributed by atoms with Crippen LogP contribution in [0.2, 0.25) is 0 Å². The topological polar surface area (TPSA) is 24.1 Å². The normalized spacial score (nSPS) is 35.3. The lowest BCUT2D eigenvalue weighted by Crippen LogP contribution is -2.40. The maximum Gasteiger partial charge on any atom is 0.249 e. The van der Waals surface area contributed by atoms with Gasteiger partial charge in [-0.2, -0.15) is 0 Å². The van der Waals surface area contributed by atoms with E-state index < -0.39 is 11.8 Å².